The predicted octanol–water partition coefficient (Wildman–Crippen LogP) is 4.10. The lowest BCUT2D eigenvalue weighted by molar-refractivity contribution is 0.425. The fraction of sp³-hybridized carbons (Fsp3) is 0.385. The van der Waals surface area contributed by atoms with Gasteiger partial charge in [-0.3, -0.25) is 0 Å². The average Bonchev–Trinajstić information content (AvgIpc) is 2.82. The number of rotatable bonds is 1. The van der Waals surface area contributed by atoms with Crippen LogP contribution in [0.25, 0.3) is 11.5 Å². The Kier molecular flexibility index (Phi) is 7.76. The molecule has 0 bridgehead atoms. The standard InChI is InChI=1S/C9H8N2O.2C2H6/c1-7-10-9(12-11-7)8-5-3-2-4-6-8;2*1-2/h2-6H,1H3;2*1-2H3. The molecule has 0 N–H and O–H groups in total. The third-order valence-corrected chi connectivity index (χ3v) is 1.55. The van der Waals surface area contributed by atoms with Gasteiger partial charge >= 0.3 is 0 Å². The third-order valence-electron chi connectivity index (χ3n) is 1.55. The molecule has 0 saturated carbocycles. The molecule has 1 heterocycles. The summed E-state index contributed by atoms with van der Waals surface area (Å²) in [6.07, 6.45) is 0. The lowest BCUT2D eigenvalue weighted by Gasteiger charge is -1.89. The molecule has 1 aromatic carbocycles. The van der Waals surface area contributed by atoms with Gasteiger partial charge in [0.15, 0.2) is 5.82 Å². The molecule has 0 radical (unpaired) electrons. The Balaban J connectivity index is 0.000000509. The summed E-state index contributed by atoms with van der Waals surface area (Å²) in [7, 11) is 0. The molecule has 3 heteroatoms. The van der Waals surface area contributed by atoms with Crippen LogP contribution < -0.4 is 0 Å². The summed E-state index contributed by atoms with van der Waals surface area (Å²) >= 11 is 0. The first-order valence-corrected chi connectivity index (χ1v) is 5.72. The first-order chi connectivity index (χ1) is 7.86. The molecule has 0 saturated heterocycles. The van der Waals surface area contributed by atoms with E-state index in [9.17, 15) is 0 Å². The van der Waals surface area contributed by atoms with Gasteiger partial charge in [-0.25, -0.2) is 0 Å². The van der Waals surface area contributed by atoms with Crippen molar-refractivity contribution in [2.45, 2.75) is 34.6 Å². The normalized spacial score (nSPS) is 8.31. The summed E-state index contributed by atoms with van der Waals surface area (Å²) in [5.74, 6) is 1.24. The molecule has 0 spiro atoms. The van der Waals surface area contributed by atoms with Crippen LogP contribution in [0.3, 0.4) is 0 Å². The van der Waals surface area contributed by atoms with Crippen LogP contribution in [0.15, 0.2) is 34.9 Å². The van der Waals surface area contributed by atoms with Crippen molar-refractivity contribution < 1.29 is 4.52 Å². The second kappa shape index (κ2) is 8.65. The van der Waals surface area contributed by atoms with E-state index in [0.29, 0.717) is 11.7 Å². The molecule has 2 aromatic rings. The van der Waals surface area contributed by atoms with Gasteiger partial charge in [-0.15, -0.1) is 0 Å². The van der Waals surface area contributed by atoms with Gasteiger partial charge in [-0.2, -0.15) is 4.98 Å². The van der Waals surface area contributed by atoms with E-state index in [1.165, 1.54) is 0 Å². The highest BCUT2D eigenvalue weighted by Crippen LogP contribution is 2.15. The van der Waals surface area contributed by atoms with E-state index < -0.39 is 0 Å². The molecule has 0 unspecified atom stereocenters. The molecule has 16 heavy (non-hydrogen) atoms. The molecule has 0 aliphatic carbocycles. The van der Waals surface area contributed by atoms with Crippen LogP contribution in [0.2, 0.25) is 0 Å². The summed E-state index contributed by atoms with van der Waals surface area (Å²) in [5.41, 5.74) is 0.957. The predicted molar refractivity (Wildman–Crippen MR) is 67.2 cm³/mol. The number of hydrogen-bond donors (Lipinski definition) is 0. The van der Waals surface area contributed by atoms with E-state index in [0.717, 1.165) is 5.56 Å². The minimum absolute atomic E-state index is 0.577. The maximum absolute atomic E-state index is 4.99. The number of aryl methyl sites for hydroxylation is 1. The van der Waals surface area contributed by atoms with Crippen molar-refractivity contribution in [3.63, 3.8) is 0 Å². The Labute approximate surface area is 97.5 Å². The zero-order valence-electron chi connectivity index (χ0n) is 10.7. The average molecular weight is 220 g/mol. The van der Waals surface area contributed by atoms with E-state index in [1.807, 2.05) is 58.0 Å². The zero-order valence-corrected chi connectivity index (χ0v) is 10.7. The lowest BCUT2D eigenvalue weighted by Crippen LogP contribution is -1.76. The van der Waals surface area contributed by atoms with Crippen molar-refractivity contribution >= 4 is 0 Å². The van der Waals surface area contributed by atoms with E-state index in [-0.39, 0.29) is 0 Å². The Hall–Kier alpha value is -1.64. The van der Waals surface area contributed by atoms with Crippen LogP contribution in [0.1, 0.15) is 33.5 Å². The van der Waals surface area contributed by atoms with Gasteiger partial charge in [0.05, 0.1) is 0 Å². The fourth-order valence-corrected chi connectivity index (χ4v) is 0.995. The van der Waals surface area contributed by atoms with Gasteiger partial charge in [0.2, 0.25) is 0 Å². The van der Waals surface area contributed by atoms with Crippen LogP contribution in [0, 0.1) is 6.92 Å². The molecule has 3 nitrogen and oxygen atoms in total. The SMILES string of the molecule is CC.CC.Cc1noc(-c2ccccc2)n1. The second-order valence-corrected chi connectivity index (χ2v) is 2.51. The van der Waals surface area contributed by atoms with Crippen LogP contribution in [-0.2, 0) is 0 Å². The minimum atomic E-state index is 0.577. The summed E-state index contributed by atoms with van der Waals surface area (Å²) in [5, 5.41) is 3.71. The molecule has 2 rings (SSSR count). The maximum atomic E-state index is 4.99. The summed E-state index contributed by atoms with van der Waals surface area (Å²) in [6.45, 7) is 9.80. The molecular formula is C13H20N2O. The Morgan fingerprint density at radius 2 is 1.50 bits per heavy atom. The first-order valence-electron chi connectivity index (χ1n) is 5.72. The zero-order chi connectivity index (χ0) is 12.4. The molecule has 0 aliphatic heterocycles. The number of hydrogen-bond acceptors (Lipinski definition) is 3. The van der Waals surface area contributed by atoms with Crippen molar-refractivity contribution in [1.29, 1.82) is 0 Å². The van der Waals surface area contributed by atoms with Crippen LogP contribution in [0.5, 0.6) is 0 Å². The van der Waals surface area contributed by atoms with Gasteiger partial charge in [-0.05, 0) is 19.1 Å². The van der Waals surface area contributed by atoms with Crippen LogP contribution >= 0.6 is 0 Å². The Bertz CT molecular complexity index is 368. The van der Waals surface area contributed by atoms with E-state index in [4.69, 9.17) is 4.52 Å². The van der Waals surface area contributed by atoms with E-state index >= 15 is 0 Å². The highest BCUT2D eigenvalue weighted by atomic mass is 16.5. The summed E-state index contributed by atoms with van der Waals surface area (Å²) in [6, 6.07) is 9.70. The van der Waals surface area contributed by atoms with Gasteiger partial charge < -0.3 is 4.52 Å². The van der Waals surface area contributed by atoms with Crippen LogP contribution in [-0.4, -0.2) is 10.1 Å². The van der Waals surface area contributed by atoms with Crippen molar-refractivity contribution in [2.24, 2.45) is 0 Å². The molecule has 1 aromatic heterocycles. The highest BCUT2D eigenvalue weighted by molar-refractivity contribution is 5.51. The molecule has 0 fully saturated rings. The largest absolute Gasteiger partial charge is 0.334 e. The Morgan fingerprint density at radius 1 is 0.938 bits per heavy atom. The van der Waals surface area contributed by atoms with Crippen molar-refractivity contribution in [3.8, 4) is 11.5 Å². The number of benzene rings is 1. The number of nitrogens with zero attached hydrogens (tertiary/aromatic N) is 2. The van der Waals surface area contributed by atoms with E-state index in [2.05, 4.69) is 10.1 Å². The second-order valence-electron chi connectivity index (χ2n) is 2.51. The van der Waals surface area contributed by atoms with Crippen molar-refractivity contribution in [3.05, 3.63) is 36.2 Å². The summed E-state index contributed by atoms with van der Waals surface area (Å²) < 4.78 is 4.99. The molecule has 88 valence electrons. The first kappa shape index (κ1) is 14.4. The molecule has 0 aliphatic rings. The Morgan fingerprint density at radius 3 is 1.94 bits per heavy atom. The van der Waals surface area contributed by atoms with Crippen LogP contribution in [0.4, 0.5) is 0 Å². The topological polar surface area (TPSA) is 38.9 Å². The number of aromatic nitrogens is 2. The van der Waals surface area contributed by atoms with Gasteiger partial charge in [-0.1, -0.05) is 51.1 Å². The molecule has 0 atom stereocenters. The van der Waals surface area contributed by atoms with Gasteiger partial charge in [0.1, 0.15) is 0 Å². The third kappa shape index (κ3) is 4.26. The smallest absolute Gasteiger partial charge is 0.257 e. The van der Waals surface area contributed by atoms with Gasteiger partial charge in [0, 0.05) is 5.56 Å². The monoisotopic (exact) mass is 220 g/mol. The fourth-order valence-electron chi connectivity index (χ4n) is 0.995. The maximum Gasteiger partial charge on any atom is 0.257 e. The van der Waals surface area contributed by atoms with E-state index in [1.54, 1.807) is 6.92 Å². The minimum Gasteiger partial charge on any atom is -0.334 e. The highest BCUT2D eigenvalue weighted by Gasteiger charge is 2.03. The quantitative estimate of drug-likeness (QED) is 0.726. The molecular weight excluding hydrogens is 200 g/mol. The van der Waals surface area contributed by atoms with Crippen molar-refractivity contribution in [1.82, 2.24) is 10.1 Å². The van der Waals surface area contributed by atoms with Crippen molar-refractivity contribution in [2.75, 3.05) is 0 Å². The summed E-state index contributed by atoms with van der Waals surface area (Å²) in [4.78, 5) is 4.10. The lowest BCUT2D eigenvalue weighted by atomic mass is 10.2. The van der Waals surface area contributed by atoms with Gasteiger partial charge in [0.25, 0.3) is 5.89 Å². The molecule has 0 amide bonds.